The Morgan fingerprint density at radius 1 is 1.16 bits per heavy atom. The highest BCUT2D eigenvalue weighted by atomic mass is 35.5. The standard InChI is InChI=1S/C15H14ClF2N/c1-10(8-11-4-2-3-5-14(11)18)19-15-9-12(17)6-7-13(15)16/h2-7,9-10,19H,8H2,1H3. The molecule has 0 radical (unpaired) electrons. The lowest BCUT2D eigenvalue weighted by atomic mass is 10.1. The molecule has 2 aromatic carbocycles. The van der Waals surface area contributed by atoms with Gasteiger partial charge in [-0.1, -0.05) is 29.8 Å². The molecule has 0 bridgehead atoms. The molecule has 1 unspecified atom stereocenters. The molecule has 2 rings (SSSR count). The Balaban J connectivity index is 2.07. The Kier molecular flexibility index (Phi) is 4.38. The molecular weight excluding hydrogens is 268 g/mol. The average Bonchev–Trinajstić information content (AvgIpc) is 2.37. The SMILES string of the molecule is CC(Cc1ccccc1F)Nc1cc(F)ccc1Cl. The van der Waals surface area contributed by atoms with Gasteiger partial charge in [0, 0.05) is 6.04 Å². The molecule has 0 saturated carbocycles. The van der Waals surface area contributed by atoms with Gasteiger partial charge in [-0.25, -0.2) is 8.78 Å². The van der Waals surface area contributed by atoms with Crippen LogP contribution in [-0.4, -0.2) is 6.04 Å². The number of hydrogen-bond donors (Lipinski definition) is 1. The number of nitrogens with one attached hydrogen (secondary N) is 1. The van der Waals surface area contributed by atoms with Gasteiger partial charge in [-0.05, 0) is 43.2 Å². The molecule has 19 heavy (non-hydrogen) atoms. The summed E-state index contributed by atoms with van der Waals surface area (Å²) in [4.78, 5) is 0. The summed E-state index contributed by atoms with van der Waals surface area (Å²) in [5.41, 5.74) is 1.14. The Bertz CT molecular complexity index is 572. The van der Waals surface area contributed by atoms with Gasteiger partial charge >= 0.3 is 0 Å². The summed E-state index contributed by atoms with van der Waals surface area (Å²) < 4.78 is 26.6. The zero-order valence-corrected chi connectivity index (χ0v) is 11.2. The predicted octanol–water partition coefficient (Wildman–Crippen LogP) is 4.66. The molecule has 100 valence electrons. The normalized spacial score (nSPS) is 12.2. The molecule has 0 aromatic heterocycles. The number of rotatable bonds is 4. The minimum Gasteiger partial charge on any atom is -0.381 e. The molecule has 1 N–H and O–H groups in total. The summed E-state index contributed by atoms with van der Waals surface area (Å²) in [7, 11) is 0. The summed E-state index contributed by atoms with van der Waals surface area (Å²) >= 11 is 5.97. The first-order chi connectivity index (χ1) is 9.06. The van der Waals surface area contributed by atoms with Crippen molar-refractivity contribution in [3.05, 3.63) is 64.7 Å². The number of halogens is 3. The fourth-order valence-corrected chi connectivity index (χ4v) is 2.09. The summed E-state index contributed by atoms with van der Waals surface area (Å²) in [6.45, 7) is 1.90. The van der Waals surface area contributed by atoms with E-state index >= 15 is 0 Å². The highest BCUT2D eigenvalue weighted by molar-refractivity contribution is 6.33. The summed E-state index contributed by atoms with van der Waals surface area (Å²) in [5, 5.41) is 3.53. The molecular formula is C15H14ClF2N. The molecule has 0 aliphatic rings. The van der Waals surface area contributed by atoms with Gasteiger partial charge < -0.3 is 5.32 Å². The van der Waals surface area contributed by atoms with E-state index < -0.39 is 0 Å². The first-order valence-electron chi connectivity index (χ1n) is 6.01. The number of anilines is 1. The smallest absolute Gasteiger partial charge is 0.126 e. The van der Waals surface area contributed by atoms with Crippen LogP contribution in [-0.2, 0) is 6.42 Å². The predicted molar refractivity (Wildman–Crippen MR) is 74.6 cm³/mol. The maximum Gasteiger partial charge on any atom is 0.126 e. The van der Waals surface area contributed by atoms with Crippen molar-refractivity contribution in [2.75, 3.05) is 5.32 Å². The third-order valence-corrected chi connectivity index (χ3v) is 3.14. The van der Waals surface area contributed by atoms with Crippen LogP contribution >= 0.6 is 11.6 Å². The summed E-state index contributed by atoms with van der Waals surface area (Å²) in [5.74, 6) is -0.591. The van der Waals surface area contributed by atoms with Crippen LogP contribution in [0.15, 0.2) is 42.5 Å². The lowest BCUT2D eigenvalue weighted by molar-refractivity contribution is 0.601. The maximum atomic E-state index is 13.5. The van der Waals surface area contributed by atoms with Crippen molar-refractivity contribution in [1.82, 2.24) is 0 Å². The molecule has 0 saturated heterocycles. The fraction of sp³-hybridized carbons (Fsp3) is 0.200. The van der Waals surface area contributed by atoms with Gasteiger partial charge in [0.2, 0.25) is 0 Å². The highest BCUT2D eigenvalue weighted by Crippen LogP contribution is 2.23. The van der Waals surface area contributed by atoms with Gasteiger partial charge in [0.05, 0.1) is 10.7 Å². The van der Waals surface area contributed by atoms with Crippen molar-refractivity contribution >= 4 is 17.3 Å². The average molecular weight is 282 g/mol. The minimum absolute atomic E-state index is 0.0591. The van der Waals surface area contributed by atoms with Crippen LogP contribution in [0.5, 0.6) is 0 Å². The number of hydrogen-bond acceptors (Lipinski definition) is 1. The lowest BCUT2D eigenvalue weighted by Crippen LogP contribution is -2.19. The van der Waals surface area contributed by atoms with E-state index in [2.05, 4.69) is 5.32 Å². The van der Waals surface area contributed by atoms with E-state index in [-0.39, 0.29) is 17.7 Å². The van der Waals surface area contributed by atoms with Gasteiger partial charge in [-0.2, -0.15) is 0 Å². The third-order valence-electron chi connectivity index (χ3n) is 2.81. The van der Waals surface area contributed by atoms with Crippen molar-refractivity contribution in [1.29, 1.82) is 0 Å². The topological polar surface area (TPSA) is 12.0 Å². The molecule has 0 fully saturated rings. The summed E-state index contributed by atoms with van der Waals surface area (Å²) in [6.07, 6.45) is 0.500. The van der Waals surface area contributed by atoms with Gasteiger partial charge in [-0.3, -0.25) is 0 Å². The molecule has 0 spiro atoms. The van der Waals surface area contributed by atoms with Crippen molar-refractivity contribution in [3.8, 4) is 0 Å². The van der Waals surface area contributed by atoms with Crippen molar-refractivity contribution in [2.45, 2.75) is 19.4 Å². The van der Waals surface area contributed by atoms with Crippen molar-refractivity contribution in [3.63, 3.8) is 0 Å². The molecule has 4 heteroatoms. The van der Waals surface area contributed by atoms with E-state index in [0.717, 1.165) is 0 Å². The van der Waals surface area contributed by atoms with Gasteiger partial charge in [0.15, 0.2) is 0 Å². The number of benzene rings is 2. The fourth-order valence-electron chi connectivity index (χ4n) is 1.92. The van der Waals surface area contributed by atoms with E-state index in [1.807, 2.05) is 6.92 Å². The first kappa shape index (κ1) is 13.8. The van der Waals surface area contributed by atoms with E-state index in [1.54, 1.807) is 18.2 Å². The summed E-state index contributed by atoms with van der Waals surface area (Å²) in [6, 6.07) is 10.7. The zero-order valence-electron chi connectivity index (χ0n) is 10.5. The molecule has 0 aliphatic carbocycles. The second kappa shape index (κ2) is 6.02. The van der Waals surface area contributed by atoms with Crippen LogP contribution in [0.3, 0.4) is 0 Å². The lowest BCUT2D eigenvalue weighted by Gasteiger charge is -2.16. The van der Waals surface area contributed by atoms with Crippen LogP contribution in [0.2, 0.25) is 5.02 Å². The van der Waals surface area contributed by atoms with E-state index in [4.69, 9.17) is 11.6 Å². The minimum atomic E-state index is -0.356. The Hall–Kier alpha value is -1.61. The Morgan fingerprint density at radius 3 is 2.63 bits per heavy atom. The molecule has 2 aromatic rings. The van der Waals surface area contributed by atoms with Gasteiger partial charge in [0.1, 0.15) is 11.6 Å². The molecule has 1 atom stereocenters. The van der Waals surface area contributed by atoms with Gasteiger partial charge in [-0.15, -0.1) is 0 Å². The monoisotopic (exact) mass is 281 g/mol. The Labute approximate surface area is 116 Å². The molecule has 1 nitrogen and oxygen atoms in total. The van der Waals surface area contributed by atoms with E-state index in [0.29, 0.717) is 22.7 Å². The molecule has 0 amide bonds. The van der Waals surface area contributed by atoms with Crippen molar-refractivity contribution < 1.29 is 8.78 Å². The molecule has 0 heterocycles. The molecule has 0 aliphatic heterocycles. The first-order valence-corrected chi connectivity index (χ1v) is 6.39. The van der Waals surface area contributed by atoms with E-state index in [1.165, 1.54) is 24.3 Å². The largest absolute Gasteiger partial charge is 0.381 e. The Morgan fingerprint density at radius 2 is 1.89 bits per heavy atom. The highest BCUT2D eigenvalue weighted by Gasteiger charge is 2.09. The van der Waals surface area contributed by atoms with Crippen LogP contribution < -0.4 is 5.32 Å². The van der Waals surface area contributed by atoms with Crippen LogP contribution in [0.1, 0.15) is 12.5 Å². The second-order valence-corrected chi connectivity index (χ2v) is 4.87. The van der Waals surface area contributed by atoms with E-state index in [9.17, 15) is 8.78 Å². The third kappa shape index (κ3) is 3.67. The van der Waals surface area contributed by atoms with Crippen molar-refractivity contribution in [2.24, 2.45) is 0 Å². The van der Waals surface area contributed by atoms with Gasteiger partial charge in [0.25, 0.3) is 0 Å². The van der Waals surface area contributed by atoms with Crippen LogP contribution in [0.4, 0.5) is 14.5 Å². The second-order valence-electron chi connectivity index (χ2n) is 4.47. The zero-order chi connectivity index (χ0) is 13.8. The maximum absolute atomic E-state index is 13.5. The quantitative estimate of drug-likeness (QED) is 0.859. The van der Waals surface area contributed by atoms with Crippen LogP contribution in [0, 0.1) is 11.6 Å². The van der Waals surface area contributed by atoms with Crippen LogP contribution in [0.25, 0.3) is 0 Å².